The van der Waals surface area contributed by atoms with Crippen LogP contribution < -0.4 is 5.56 Å². The lowest BCUT2D eigenvalue weighted by Gasteiger charge is -2.47. The molecule has 1 N–H and O–H groups in total. The molecule has 0 unspecified atom stereocenters. The van der Waals surface area contributed by atoms with Gasteiger partial charge in [-0.25, -0.2) is 4.39 Å². The van der Waals surface area contributed by atoms with Crippen LogP contribution in [-0.2, 0) is 0 Å². The molecule has 1 amide bonds. The molecule has 3 atom stereocenters. The topological polar surface area (TPSA) is 65.8 Å². The Kier molecular flexibility index (Phi) is 4.71. The highest BCUT2D eigenvalue weighted by Gasteiger charge is 2.42. The van der Waals surface area contributed by atoms with Crippen molar-refractivity contribution >= 4 is 5.91 Å². The molecule has 1 aromatic heterocycles. The van der Waals surface area contributed by atoms with Crippen molar-refractivity contribution < 1.29 is 14.3 Å². The highest BCUT2D eigenvalue weighted by molar-refractivity contribution is 5.94. The second kappa shape index (κ2) is 7.05. The fourth-order valence-corrected chi connectivity index (χ4v) is 4.65. The molecule has 7 heteroatoms. The summed E-state index contributed by atoms with van der Waals surface area (Å²) >= 11 is 0. The molecule has 28 heavy (non-hydrogen) atoms. The SMILES string of the molecule is CN(C)C[C@H]1[C@H]2C[C@H](CN(C(=O)c3ccc(F)c(O)c3)C2)c2cccc(=O)n21. The Morgan fingerprint density at radius 3 is 2.75 bits per heavy atom. The highest BCUT2D eigenvalue weighted by Crippen LogP contribution is 2.41. The van der Waals surface area contributed by atoms with Gasteiger partial charge in [0.05, 0.1) is 6.04 Å². The van der Waals surface area contributed by atoms with Crippen LogP contribution >= 0.6 is 0 Å². The summed E-state index contributed by atoms with van der Waals surface area (Å²) in [7, 11) is 3.96. The molecule has 2 bridgehead atoms. The van der Waals surface area contributed by atoms with Crippen LogP contribution in [0.25, 0.3) is 0 Å². The van der Waals surface area contributed by atoms with Crippen LogP contribution in [0.4, 0.5) is 4.39 Å². The van der Waals surface area contributed by atoms with Crippen LogP contribution in [0.15, 0.2) is 41.2 Å². The number of hydrogen-bond acceptors (Lipinski definition) is 4. The Bertz CT molecular complexity index is 972. The molecule has 2 aliphatic heterocycles. The van der Waals surface area contributed by atoms with Crippen molar-refractivity contribution in [1.29, 1.82) is 0 Å². The maximum absolute atomic E-state index is 13.4. The summed E-state index contributed by atoms with van der Waals surface area (Å²) in [5.74, 6) is -1.24. The van der Waals surface area contributed by atoms with Crippen molar-refractivity contribution in [1.82, 2.24) is 14.4 Å². The van der Waals surface area contributed by atoms with E-state index in [1.165, 1.54) is 12.1 Å². The molecule has 0 aliphatic carbocycles. The van der Waals surface area contributed by atoms with Gasteiger partial charge >= 0.3 is 0 Å². The van der Waals surface area contributed by atoms with Crippen LogP contribution in [-0.4, -0.2) is 59.1 Å². The summed E-state index contributed by atoms with van der Waals surface area (Å²) < 4.78 is 15.3. The molecule has 1 aromatic carbocycles. The monoisotopic (exact) mass is 385 g/mol. The van der Waals surface area contributed by atoms with Crippen molar-refractivity contribution in [2.45, 2.75) is 18.4 Å². The number of halogens is 1. The number of phenolic OH excluding ortho intramolecular Hbond substituents is 1. The van der Waals surface area contributed by atoms with Crippen molar-refractivity contribution in [3.63, 3.8) is 0 Å². The molecular weight excluding hydrogens is 361 g/mol. The number of pyridine rings is 1. The minimum Gasteiger partial charge on any atom is -0.505 e. The van der Waals surface area contributed by atoms with Gasteiger partial charge in [0.1, 0.15) is 0 Å². The Morgan fingerprint density at radius 2 is 2.04 bits per heavy atom. The maximum atomic E-state index is 13.4. The first-order valence-electron chi connectivity index (χ1n) is 9.49. The van der Waals surface area contributed by atoms with Gasteiger partial charge in [-0.15, -0.1) is 0 Å². The Labute approximate surface area is 162 Å². The van der Waals surface area contributed by atoms with E-state index in [-0.39, 0.29) is 34.9 Å². The standard InChI is InChI=1S/C21H24FN3O3/c1-23(2)12-18-15-8-14(17-4-3-5-20(27)25(17)18)10-24(11-15)21(28)13-6-7-16(22)19(26)9-13/h3-7,9,14-15,18,26H,8,10-12H2,1-2H3/t14-,15+,18+/m1/s1. The summed E-state index contributed by atoms with van der Waals surface area (Å²) in [6.07, 6.45) is 0.931. The molecule has 1 saturated heterocycles. The average molecular weight is 385 g/mol. The number of benzene rings is 1. The van der Waals surface area contributed by atoms with Crippen LogP contribution in [0.3, 0.4) is 0 Å². The average Bonchev–Trinajstić information content (AvgIpc) is 2.66. The second-order valence-electron chi connectivity index (χ2n) is 8.06. The molecule has 148 valence electrons. The van der Waals surface area contributed by atoms with E-state index in [2.05, 4.69) is 4.90 Å². The number of fused-ring (bicyclic) bond motifs is 4. The highest BCUT2D eigenvalue weighted by atomic mass is 19.1. The minimum atomic E-state index is -0.744. The van der Waals surface area contributed by atoms with Gasteiger partial charge in [0.25, 0.3) is 11.5 Å². The number of rotatable bonds is 3. The smallest absolute Gasteiger partial charge is 0.254 e. The fraction of sp³-hybridized carbons (Fsp3) is 0.429. The molecule has 3 heterocycles. The first kappa shape index (κ1) is 18.7. The number of phenols is 1. The van der Waals surface area contributed by atoms with Gasteiger partial charge in [0, 0.05) is 42.9 Å². The van der Waals surface area contributed by atoms with E-state index in [1.807, 2.05) is 24.7 Å². The lowest BCUT2D eigenvalue weighted by Crippen LogP contribution is -2.52. The number of piperidine rings is 1. The number of likely N-dealkylation sites (tertiary alicyclic amines) is 1. The molecule has 0 saturated carbocycles. The fourth-order valence-electron chi connectivity index (χ4n) is 4.65. The van der Waals surface area contributed by atoms with Crippen LogP contribution in [0.2, 0.25) is 0 Å². The molecule has 6 nitrogen and oxygen atoms in total. The van der Waals surface area contributed by atoms with E-state index in [9.17, 15) is 19.1 Å². The predicted octanol–water partition coefficient (Wildman–Crippen LogP) is 2.06. The van der Waals surface area contributed by atoms with E-state index in [0.717, 1.165) is 18.2 Å². The molecule has 4 rings (SSSR count). The van der Waals surface area contributed by atoms with Crippen LogP contribution in [0, 0.1) is 11.7 Å². The summed E-state index contributed by atoms with van der Waals surface area (Å²) in [6, 6.07) is 9.03. The van der Waals surface area contributed by atoms with E-state index in [4.69, 9.17) is 0 Å². The van der Waals surface area contributed by atoms with E-state index >= 15 is 0 Å². The van der Waals surface area contributed by atoms with Gasteiger partial charge in [-0.1, -0.05) is 6.07 Å². The van der Waals surface area contributed by atoms with Crippen molar-refractivity contribution in [3.05, 3.63) is 63.8 Å². The van der Waals surface area contributed by atoms with Gasteiger partial charge in [0.2, 0.25) is 0 Å². The molecule has 0 spiro atoms. The third-order valence-electron chi connectivity index (χ3n) is 5.83. The zero-order valence-electron chi connectivity index (χ0n) is 16.0. The third kappa shape index (κ3) is 3.20. The number of carbonyl (C=O) groups excluding carboxylic acids is 1. The van der Waals surface area contributed by atoms with E-state index in [1.54, 1.807) is 17.0 Å². The lowest BCUT2D eigenvalue weighted by molar-refractivity contribution is 0.0498. The number of carbonyl (C=O) groups is 1. The summed E-state index contributed by atoms with van der Waals surface area (Å²) in [5.41, 5.74) is 1.24. The van der Waals surface area contributed by atoms with Crippen LogP contribution in [0.5, 0.6) is 5.75 Å². The Balaban J connectivity index is 1.69. The number of likely N-dealkylation sites (N-methyl/N-ethyl adjacent to an activating group) is 1. The number of aromatic nitrogens is 1. The Hall–Kier alpha value is -2.67. The van der Waals surface area contributed by atoms with Gasteiger partial charge in [-0.2, -0.15) is 0 Å². The van der Waals surface area contributed by atoms with E-state index in [0.29, 0.717) is 19.6 Å². The minimum absolute atomic E-state index is 0.00211. The van der Waals surface area contributed by atoms with Crippen molar-refractivity contribution in [2.75, 3.05) is 33.7 Å². The number of amides is 1. The lowest BCUT2D eigenvalue weighted by atomic mass is 9.78. The van der Waals surface area contributed by atoms with Gasteiger partial charge in [0.15, 0.2) is 11.6 Å². The quantitative estimate of drug-likeness (QED) is 0.878. The van der Waals surface area contributed by atoms with Crippen molar-refractivity contribution in [3.8, 4) is 5.75 Å². The summed E-state index contributed by atoms with van der Waals surface area (Å²) in [6.45, 7) is 1.76. The van der Waals surface area contributed by atoms with Gasteiger partial charge in [-0.05, 0) is 50.7 Å². The van der Waals surface area contributed by atoms with Gasteiger partial charge < -0.3 is 19.5 Å². The first-order valence-corrected chi connectivity index (χ1v) is 9.49. The van der Waals surface area contributed by atoms with Crippen LogP contribution in [0.1, 0.15) is 34.4 Å². The molecule has 0 radical (unpaired) electrons. The number of aromatic hydroxyl groups is 1. The molecular formula is C21H24FN3O3. The van der Waals surface area contributed by atoms with E-state index < -0.39 is 11.6 Å². The summed E-state index contributed by atoms with van der Waals surface area (Å²) in [4.78, 5) is 29.4. The second-order valence-corrected chi connectivity index (χ2v) is 8.06. The Morgan fingerprint density at radius 1 is 1.25 bits per heavy atom. The molecule has 2 aromatic rings. The maximum Gasteiger partial charge on any atom is 0.254 e. The first-order chi connectivity index (χ1) is 13.3. The molecule has 1 fully saturated rings. The zero-order chi connectivity index (χ0) is 20.0. The largest absolute Gasteiger partial charge is 0.505 e. The summed E-state index contributed by atoms with van der Waals surface area (Å²) in [5, 5.41) is 9.62. The third-order valence-corrected chi connectivity index (χ3v) is 5.83. The van der Waals surface area contributed by atoms with Gasteiger partial charge in [-0.3, -0.25) is 9.59 Å². The predicted molar refractivity (Wildman–Crippen MR) is 103 cm³/mol. The number of nitrogens with zero attached hydrogens (tertiary/aromatic N) is 3. The molecule has 2 aliphatic rings. The number of hydrogen-bond donors (Lipinski definition) is 1. The normalized spacial score (nSPS) is 23.6. The van der Waals surface area contributed by atoms with Crippen molar-refractivity contribution in [2.24, 2.45) is 5.92 Å². The zero-order valence-corrected chi connectivity index (χ0v) is 16.0.